The first-order valence-electron chi connectivity index (χ1n) is 9.50. The number of amides is 2. The number of benzene rings is 3. The molecule has 0 spiro atoms. The molecule has 0 aliphatic carbocycles. The van der Waals surface area contributed by atoms with Crippen LogP contribution >= 0.6 is 0 Å². The molecule has 0 radical (unpaired) electrons. The van der Waals surface area contributed by atoms with Gasteiger partial charge in [0.2, 0.25) is 0 Å². The third kappa shape index (κ3) is 5.68. The Bertz CT molecular complexity index is 1250. The van der Waals surface area contributed by atoms with Crippen molar-refractivity contribution in [3.05, 3.63) is 83.9 Å². The minimum atomic E-state index is -3.75. The van der Waals surface area contributed by atoms with Crippen molar-refractivity contribution in [3.63, 3.8) is 0 Å². The quantitative estimate of drug-likeness (QED) is 0.453. The lowest BCUT2D eigenvalue weighted by molar-refractivity contribution is -0.128. The summed E-state index contributed by atoms with van der Waals surface area (Å²) >= 11 is 0. The third-order valence-corrected chi connectivity index (χ3v) is 6.36. The van der Waals surface area contributed by atoms with Gasteiger partial charge in [0.05, 0.1) is 11.5 Å². The maximum Gasteiger partial charge on any atom is 0.258 e. The maximum absolute atomic E-state index is 12.8. The molecule has 7 nitrogen and oxygen atoms in total. The second-order valence-electron chi connectivity index (χ2n) is 7.13. The second kappa shape index (κ2) is 9.41. The Morgan fingerprint density at radius 2 is 1.65 bits per heavy atom. The van der Waals surface area contributed by atoms with Gasteiger partial charge in [-0.15, -0.1) is 0 Å². The first-order valence-corrected chi connectivity index (χ1v) is 11.3. The molecule has 0 heterocycles. The number of fused-ring (bicyclic) bond motifs is 1. The van der Waals surface area contributed by atoms with Crippen LogP contribution in [0.25, 0.3) is 10.8 Å². The van der Waals surface area contributed by atoms with Crippen LogP contribution in [0.1, 0.15) is 15.9 Å². The Balaban J connectivity index is 1.83. The summed E-state index contributed by atoms with van der Waals surface area (Å²) in [5.74, 6) is -2.29. The Morgan fingerprint density at radius 3 is 2.32 bits per heavy atom. The van der Waals surface area contributed by atoms with Crippen molar-refractivity contribution >= 4 is 32.4 Å². The number of rotatable bonds is 7. The average Bonchev–Trinajstić information content (AvgIpc) is 2.77. The zero-order chi connectivity index (χ0) is 22.4. The van der Waals surface area contributed by atoms with E-state index < -0.39 is 33.4 Å². The van der Waals surface area contributed by atoms with Crippen LogP contribution in [0.15, 0.2) is 72.8 Å². The van der Waals surface area contributed by atoms with E-state index in [1.807, 2.05) is 24.3 Å². The fourth-order valence-electron chi connectivity index (χ4n) is 3.17. The highest BCUT2D eigenvalue weighted by Gasteiger charge is 2.30. The van der Waals surface area contributed by atoms with Crippen LogP contribution in [-0.2, 0) is 20.4 Å². The van der Waals surface area contributed by atoms with Gasteiger partial charge in [-0.05, 0) is 28.5 Å². The first kappa shape index (κ1) is 22.0. The zero-order valence-electron chi connectivity index (χ0n) is 16.9. The normalized spacial score (nSPS) is 12.0. The summed E-state index contributed by atoms with van der Waals surface area (Å²) in [5, 5.41) is 13.3. The maximum atomic E-state index is 12.8. The van der Waals surface area contributed by atoms with E-state index in [2.05, 4.69) is 5.32 Å². The van der Waals surface area contributed by atoms with E-state index in [0.717, 1.165) is 10.8 Å². The van der Waals surface area contributed by atoms with Gasteiger partial charge >= 0.3 is 0 Å². The summed E-state index contributed by atoms with van der Waals surface area (Å²) in [6.45, 7) is 0. The van der Waals surface area contributed by atoms with Crippen molar-refractivity contribution in [2.45, 2.75) is 11.8 Å². The Hall–Kier alpha value is -3.70. The zero-order valence-corrected chi connectivity index (χ0v) is 17.7. The topological polar surface area (TPSA) is 107 Å². The van der Waals surface area contributed by atoms with Crippen molar-refractivity contribution in [1.82, 2.24) is 10.2 Å². The Morgan fingerprint density at radius 1 is 1.00 bits per heavy atom. The monoisotopic (exact) mass is 435 g/mol. The van der Waals surface area contributed by atoms with E-state index in [0.29, 0.717) is 10.5 Å². The molecule has 1 N–H and O–H groups in total. The van der Waals surface area contributed by atoms with Crippen LogP contribution in [-0.4, -0.2) is 44.0 Å². The summed E-state index contributed by atoms with van der Waals surface area (Å²) in [7, 11) is -2.53. The van der Waals surface area contributed by atoms with Crippen molar-refractivity contribution in [1.29, 1.82) is 5.26 Å². The number of carbonyl (C=O) groups excluding carboxylic acids is 2. The van der Waals surface area contributed by atoms with Gasteiger partial charge in [0, 0.05) is 12.6 Å². The highest BCUT2D eigenvalue weighted by Crippen LogP contribution is 2.16. The molecule has 0 saturated carbocycles. The molecular weight excluding hydrogens is 414 g/mol. The largest absolute Gasteiger partial charge is 0.339 e. The van der Waals surface area contributed by atoms with Crippen molar-refractivity contribution in [3.8, 4) is 6.19 Å². The van der Waals surface area contributed by atoms with Gasteiger partial charge in [-0.25, -0.2) is 8.42 Å². The molecule has 0 fully saturated rings. The van der Waals surface area contributed by atoms with E-state index in [9.17, 15) is 18.0 Å². The molecule has 31 heavy (non-hydrogen) atoms. The standard InChI is InChI=1S/C23H21N3O4S/c1-26(16-24)23(28)21(15-31(29,30)14-17-7-3-2-4-8-17)25-22(27)20-12-11-18-9-5-6-10-19(18)13-20/h2-13,21H,14-15H2,1H3,(H,25,27)/t21-/m0/s1. The van der Waals surface area contributed by atoms with Gasteiger partial charge in [0.25, 0.3) is 11.8 Å². The second-order valence-corrected chi connectivity index (χ2v) is 9.23. The number of nitrogens with zero attached hydrogens (tertiary/aromatic N) is 2. The lowest BCUT2D eigenvalue weighted by Crippen LogP contribution is -2.50. The fourth-order valence-corrected chi connectivity index (χ4v) is 4.72. The molecule has 0 aromatic heterocycles. The number of sulfone groups is 1. The van der Waals surface area contributed by atoms with Gasteiger partial charge in [-0.3, -0.25) is 14.5 Å². The predicted octanol–water partition coefficient (Wildman–Crippen LogP) is 2.49. The van der Waals surface area contributed by atoms with Crippen molar-refractivity contribution < 1.29 is 18.0 Å². The molecule has 0 unspecified atom stereocenters. The van der Waals surface area contributed by atoms with Gasteiger partial charge in [0.1, 0.15) is 6.04 Å². The molecule has 0 bridgehead atoms. The van der Waals surface area contributed by atoms with Crippen LogP contribution < -0.4 is 5.32 Å². The number of nitrogens with one attached hydrogen (secondary N) is 1. The molecule has 0 aliphatic rings. The molecule has 3 aromatic carbocycles. The summed E-state index contributed by atoms with van der Waals surface area (Å²) in [6, 6.07) is 19.7. The van der Waals surface area contributed by atoms with Crippen molar-refractivity contribution in [2.75, 3.05) is 12.8 Å². The molecule has 3 aromatic rings. The fraction of sp³-hybridized carbons (Fsp3) is 0.174. The van der Waals surface area contributed by atoms with Crippen LogP contribution in [0.5, 0.6) is 0 Å². The van der Waals surface area contributed by atoms with E-state index in [-0.39, 0.29) is 11.3 Å². The molecule has 3 rings (SSSR count). The molecule has 8 heteroatoms. The highest BCUT2D eigenvalue weighted by molar-refractivity contribution is 7.90. The number of nitriles is 1. The van der Waals surface area contributed by atoms with Crippen LogP contribution in [0.2, 0.25) is 0 Å². The van der Waals surface area contributed by atoms with E-state index >= 15 is 0 Å². The number of likely N-dealkylation sites (N-methyl/N-ethyl adjacent to an activating group) is 1. The van der Waals surface area contributed by atoms with Gasteiger partial charge in [-0.2, -0.15) is 5.26 Å². The van der Waals surface area contributed by atoms with Gasteiger partial charge in [0.15, 0.2) is 16.0 Å². The van der Waals surface area contributed by atoms with Gasteiger partial charge in [-0.1, -0.05) is 60.7 Å². The van der Waals surface area contributed by atoms with Gasteiger partial charge < -0.3 is 5.32 Å². The number of hydrogen-bond donors (Lipinski definition) is 1. The Kier molecular flexibility index (Phi) is 6.68. The molecule has 1 atom stereocenters. The molecule has 2 amide bonds. The molecule has 0 saturated heterocycles. The predicted molar refractivity (Wildman–Crippen MR) is 118 cm³/mol. The smallest absolute Gasteiger partial charge is 0.258 e. The Labute approximate surface area is 180 Å². The minimum Gasteiger partial charge on any atom is -0.339 e. The lowest BCUT2D eigenvalue weighted by atomic mass is 10.1. The van der Waals surface area contributed by atoms with E-state index in [1.54, 1.807) is 54.7 Å². The number of carbonyl (C=O) groups is 2. The van der Waals surface area contributed by atoms with E-state index in [4.69, 9.17) is 5.26 Å². The van der Waals surface area contributed by atoms with Crippen LogP contribution in [0, 0.1) is 11.5 Å². The molecule has 158 valence electrons. The summed E-state index contributed by atoms with van der Waals surface area (Å²) in [4.78, 5) is 26.1. The minimum absolute atomic E-state index is 0.278. The molecule has 0 aliphatic heterocycles. The van der Waals surface area contributed by atoms with E-state index in [1.165, 1.54) is 7.05 Å². The number of hydrogen-bond acceptors (Lipinski definition) is 5. The summed E-state index contributed by atoms with van der Waals surface area (Å²) < 4.78 is 25.4. The van der Waals surface area contributed by atoms with Crippen LogP contribution in [0.4, 0.5) is 0 Å². The average molecular weight is 436 g/mol. The summed E-state index contributed by atoms with van der Waals surface area (Å²) in [6.07, 6.45) is 1.66. The van der Waals surface area contributed by atoms with Crippen LogP contribution in [0.3, 0.4) is 0 Å². The summed E-state index contributed by atoms with van der Waals surface area (Å²) in [5.41, 5.74) is 0.861. The lowest BCUT2D eigenvalue weighted by Gasteiger charge is -2.20. The highest BCUT2D eigenvalue weighted by atomic mass is 32.2. The van der Waals surface area contributed by atoms with Crippen molar-refractivity contribution in [2.24, 2.45) is 0 Å². The molecular formula is C23H21N3O4S. The third-order valence-electron chi connectivity index (χ3n) is 4.75. The SMILES string of the molecule is CN(C#N)C(=O)[C@H](CS(=O)(=O)Cc1ccccc1)NC(=O)c1ccc2ccccc2c1. The first-order chi connectivity index (χ1) is 14.8.